The van der Waals surface area contributed by atoms with E-state index in [4.69, 9.17) is 20.8 Å². The molecule has 0 aromatic carbocycles. The Balaban J connectivity index is 1.61. The molecule has 0 amide bonds. The maximum absolute atomic E-state index is 6.12. The SMILES string of the molecule is CCC(N)CCC(C)Cn1nc(-c2ccc(N3CCNCC3)nc2)c2cnc(NC)nc21. The molecule has 2 unspecified atom stereocenters. The molecule has 2 atom stereocenters. The molecule has 32 heavy (non-hydrogen) atoms. The first-order valence-corrected chi connectivity index (χ1v) is 11.7. The number of pyridine rings is 1. The van der Waals surface area contributed by atoms with E-state index < -0.39 is 0 Å². The van der Waals surface area contributed by atoms with Crippen LogP contribution in [0.25, 0.3) is 22.3 Å². The van der Waals surface area contributed by atoms with Crippen LogP contribution in [-0.2, 0) is 6.54 Å². The molecule has 1 aliphatic rings. The number of anilines is 2. The molecule has 3 aromatic rings. The van der Waals surface area contributed by atoms with Gasteiger partial charge < -0.3 is 21.3 Å². The Labute approximate surface area is 189 Å². The molecule has 0 spiro atoms. The van der Waals surface area contributed by atoms with E-state index >= 15 is 0 Å². The van der Waals surface area contributed by atoms with Crippen molar-refractivity contribution < 1.29 is 0 Å². The van der Waals surface area contributed by atoms with E-state index in [1.807, 2.05) is 24.1 Å². The average molecular weight is 438 g/mol. The number of rotatable bonds is 9. The van der Waals surface area contributed by atoms with Crippen LogP contribution < -0.4 is 21.3 Å². The first-order valence-electron chi connectivity index (χ1n) is 11.7. The quantitative estimate of drug-likeness (QED) is 0.468. The van der Waals surface area contributed by atoms with Crippen molar-refractivity contribution in [1.82, 2.24) is 30.0 Å². The van der Waals surface area contributed by atoms with Crippen LogP contribution in [0.1, 0.15) is 33.1 Å². The number of nitrogens with two attached hydrogens (primary N) is 1. The lowest BCUT2D eigenvalue weighted by Gasteiger charge is -2.28. The fourth-order valence-electron chi connectivity index (χ4n) is 4.12. The summed E-state index contributed by atoms with van der Waals surface area (Å²) in [7, 11) is 1.83. The molecule has 0 radical (unpaired) electrons. The van der Waals surface area contributed by atoms with Crippen LogP contribution in [0.4, 0.5) is 11.8 Å². The van der Waals surface area contributed by atoms with Crippen LogP contribution in [0, 0.1) is 5.92 Å². The Hall–Kier alpha value is -2.78. The van der Waals surface area contributed by atoms with Gasteiger partial charge >= 0.3 is 0 Å². The Bertz CT molecular complexity index is 1010. The number of aromatic nitrogens is 5. The molecule has 1 fully saturated rings. The van der Waals surface area contributed by atoms with Crippen molar-refractivity contribution in [3.05, 3.63) is 24.5 Å². The van der Waals surface area contributed by atoms with Crippen molar-refractivity contribution in [2.75, 3.05) is 43.4 Å². The van der Waals surface area contributed by atoms with Crippen LogP contribution in [0.3, 0.4) is 0 Å². The van der Waals surface area contributed by atoms with Gasteiger partial charge in [-0.3, -0.25) is 0 Å². The lowest BCUT2D eigenvalue weighted by molar-refractivity contribution is 0.399. The molecule has 9 heteroatoms. The van der Waals surface area contributed by atoms with Gasteiger partial charge in [-0.2, -0.15) is 10.1 Å². The number of nitrogens with zero attached hydrogens (tertiary/aromatic N) is 6. The van der Waals surface area contributed by atoms with Gasteiger partial charge in [0.25, 0.3) is 0 Å². The normalized spacial score (nSPS) is 16.3. The Kier molecular flexibility index (Phi) is 7.16. The van der Waals surface area contributed by atoms with E-state index in [0.717, 1.165) is 80.1 Å². The fraction of sp³-hybridized carbons (Fsp3) is 0.565. The molecule has 4 rings (SSSR count). The Morgan fingerprint density at radius 1 is 1.16 bits per heavy atom. The largest absolute Gasteiger partial charge is 0.357 e. The first kappa shape index (κ1) is 22.4. The van der Waals surface area contributed by atoms with Gasteiger partial charge in [0.2, 0.25) is 5.95 Å². The minimum atomic E-state index is 0.265. The smallest absolute Gasteiger partial charge is 0.224 e. The van der Waals surface area contributed by atoms with E-state index in [1.54, 1.807) is 0 Å². The van der Waals surface area contributed by atoms with E-state index in [9.17, 15) is 0 Å². The molecule has 0 saturated carbocycles. The van der Waals surface area contributed by atoms with Crippen LogP contribution in [0.15, 0.2) is 24.5 Å². The highest BCUT2D eigenvalue weighted by atomic mass is 15.3. The lowest BCUT2D eigenvalue weighted by atomic mass is 10.0. The minimum absolute atomic E-state index is 0.265. The zero-order valence-corrected chi connectivity index (χ0v) is 19.4. The van der Waals surface area contributed by atoms with Crippen LogP contribution >= 0.6 is 0 Å². The van der Waals surface area contributed by atoms with E-state index in [0.29, 0.717) is 11.9 Å². The van der Waals surface area contributed by atoms with Crippen molar-refractivity contribution in [2.45, 2.75) is 45.7 Å². The van der Waals surface area contributed by atoms with Gasteiger partial charge in [-0.15, -0.1) is 0 Å². The second-order valence-electron chi connectivity index (χ2n) is 8.70. The Morgan fingerprint density at radius 3 is 2.66 bits per heavy atom. The summed E-state index contributed by atoms with van der Waals surface area (Å²) in [5, 5.41) is 12.3. The molecule has 9 nitrogen and oxygen atoms in total. The summed E-state index contributed by atoms with van der Waals surface area (Å²) in [6.45, 7) is 9.11. The summed E-state index contributed by atoms with van der Waals surface area (Å²) in [6, 6.07) is 4.45. The van der Waals surface area contributed by atoms with Crippen LogP contribution in [0.2, 0.25) is 0 Å². The number of hydrogen-bond acceptors (Lipinski definition) is 8. The highest BCUT2D eigenvalue weighted by molar-refractivity contribution is 5.91. The molecule has 172 valence electrons. The molecular weight excluding hydrogens is 402 g/mol. The zero-order valence-electron chi connectivity index (χ0n) is 19.4. The monoisotopic (exact) mass is 437 g/mol. The summed E-state index contributed by atoms with van der Waals surface area (Å²) in [4.78, 5) is 16.2. The third-order valence-corrected chi connectivity index (χ3v) is 6.21. The van der Waals surface area contributed by atoms with Gasteiger partial charge in [0.05, 0.1) is 5.39 Å². The second-order valence-corrected chi connectivity index (χ2v) is 8.70. The van der Waals surface area contributed by atoms with Crippen molar-refractivity contribution in [3.63, 3.8) is 0 Å². The topological polar surface area (TPSA) is 110 Å². The third kappa shape index (κ3) is 4.99. The Morgan fingerprint density at radius 2 is 1.97 bits per heavy atom. The van der Waals surface area contributed by atoms with Crippen molar-refractivity contribution in [1.29, 1.82) is 0 Å². The number of hydrogen-bond donors (Lipinski definition) is 3. The minimum Gasteiger partial charge on any atom is -0.357 e. The number of piperazine rings is 1. The maximum Gasteiger partial charge on any atom is 0.224 e. The molecule has 0 aliphatic carbocycles. The van der Waals surface area contributed by atoms with Crippen molar-refractivity contribution in [3.8, 4) is 11.3 Å². The standard InChI is InChI=1S/C23H35N9/c1-4-18(24)7-5-16(2)15-32-22-19(14-28-23(25-3)29-22)21(30-32)17-6-8-20(27-13-17)31-11-9-26-10-12-31/h6,8,13-14,16,18,26H,4-5,7,9-12,15,24H2,1-3H3,(H,25,28,29). The molecular formula is C23H35N9. The van der Waals surface area contributed by atoms with Gasteiger partial charge in [0, 0.05) is 63.8 Å². The van der Waals surface area contributed by atoms with Gasteiger partial charge in [0.1, 0.15) is 11.5 Å². The van der Waals surface area contributed by atoms with E-state index in [1.165, 1.54) is 0 Å². The molecule has 3 aromatic heterocycles. The molecule has 1 saturated heterocycles. The number of fused-ring (bicyclic) bond motifs is 1. The van der Waals surface area contributed by atoms with Crippen LogP contribution in [-0.4, -0.2) is 64.0 Å². The summed E-state index contributed by atoms with van der Waals surface area (Å²) >= 11 is 0. The molecule has 4 heterocycles. The van der Waals surface area contributed by atoms with Gasteiger partial charge in [0.15, 0.2) is 5.65 Å². The summed E-state index contributed by atoms with van der Waals surface area (Å²) in [6.07, 6.45) is 6.87. The summed E-state index contributed by atoms with van der Waals surface area (Å²) in [5.74, 6) is 2.05. The van der Waals surface area contributed by atoms with Gasteiger partial charge in [-0.1, -0.05) is 13.8 Å². The highest BCUT2D eigenvalue weighted by Crippen LogP contribution is 2.29. The predicted molar refractivity (Wildman–Crippen MR) is 130 cm³/mol. The van der Waals surface area contributed by atoms with E-state index in [-0.39, 0.29) is 6.04 Å². The first-order chi connectivity index (χ1) is 15.6. The zero-order chi connectivity index (χ0) is 22.5. The lowest BCUT2D eigenvalue weighted by Crippen LogP contribution is -2.43. The second kappa shape index (κ2) is 10.2. The van der Waals surface area contributed by atoms with E-state index in [2.05, 4.69) is 46.5 Å². The molecule has 1 aliphatic heterocycles. The predicted octanol–water partition coefficient (Wildman–Crippen LogP) is 2.49. The highest BCUT2D eigenvalue weighted by Gasteiger charge is 2.18. The number of nitrogens with one attached hydrogen (secondary N) is 2. The summed E-state index contributed by atoms with van der Waals surface area (Å²) < 4.78 is 2.01. The average Bonchev–Trinajstić information content (AvgIpc) is 3.20. The third-order valence-electron chi connectivity index (χ3n) is 6.21. The maximum atomic E-state index is 6.12. The molecule has 4 N–H and O–H groups in total. The van der Waals surface area contributed by atoms with Crippen LogP contribution in [0.5, 0.6) is 0 Å². The van der Waals surface area contributed by atoms with Crippen molar-refractivity contribution >= 4 is 22.8 Å². The van der Waals surface area contributed by atoms with Gasteiger partial charge in [-0.05, 0) is 37.3 Å². The van der Waals surface area contributed by atoms with Crippen molar-refractivity contribution in [2.24, 2.45) is 11.7 Å². The molecule has 0 bridgehead atoms. The fourth-order valence-corrected chi connectivity index (χ4v) is 4.12. The summed E-state index contributed by atoms with van der Waals surface area (Å²) in [5.41, 5.74) is 8.82. The van der Waals surface area contributed by atoms with Gasteiger partial charge in [-0.25, -0.2) is 14.6 Å².